The quantitative estimate of drug-likeness (QED) is 0.538. The third kappa shape index (κ3) is 1.05. The van der Waals surface area contributed by atoms with Gasteiger partial charge in [0.25, 0.3) is 0 Å². The molecule has 0 aromatic rings. The highest BCUT2D eigenvalue weighted by Gasteiger charge is 2.01. The number of nitrogens with two attached hydrogens (primary N) is 1. The van der Waals surface area contributed by atoms with Crippen LogP contribution in [0.5, 0.6) is 0 Å². The molecule has 0 aliphatic carbocycles. The predicted octanol–water partition coefficient (Wildman–Crippen LogP) is 0.455. The number of nitrogens with zero attached hydrogens (tertiary/aromatic N) is 2. The first-order valence-corrected chi connectivity index (χ1v) is 2.53. The highest BCUT2D eigenvalue weighted by molar-refractivity contribution is 6.05. The zero-order valence-corrected chi connectivity index (χ0v) is 4.91. The molecule has 3 nitrogen and oxygen atoms in total. The van der Waals surface area contributed by atoms with Crippen molar-refractivity contribution in [3.63, 3.8) is 0 Å². The van der Waals surface area contributed by atoms with E-state index in [-0.39, 0.29) is 0 Å². The fraction of sp³-hybridized carbons (Fsp3) is 0. The van der Waals surface area contributed by atoms with Crippen molar-refractivity contribution in [2.75, 3.05) is 0 Å². The van der Waals surface area contributed by atoms with Gasteiger partial charge in [0.2, 0.25) is 0 Å². The van der Waals surface area contributed by atoms with Crippen LogP contribution in [-0.4, -0.2) is 12.2 Å². The van der Waals surface area contributed by atoms with Crippen molar-refractivity contribution in [2.45, 2.75) is 0 Å². The largest absolute Gasteiger partial charge is 0.382 e. The lowest BCUT2D eigenvalue weighted by Crippen LogP contribution is -2.09. The van der Waals surface area contributed by atoms with E-state index >= 15 is 0 Å². The smallest absolute Gasteiger partial charge is 0.151 e. The van der Waals surface area contributed by atoms with E-state index in [0.29, 0.717) is 11.5 Å². The number of hydrogen-bond acceptors (Lipinski definition) is 3. The van der Waals surface area contributed by atoms with Crippen LogP contribution < -0.4 is 5.73 Å². The van der Waals surface area contributed by atoms with Crippen LogP contribution in [-0.2, 0) is 0 Å². The lowest BCUT2D eigenvalue weighted by Gasteiger charge is -1.87. The van der Waals surface area contributed by atoms with Crippen molar-refractivity contribution in [2.24, 2.45) is 15.7 Å². The van der Waals surface area contributed by atoms with Crippen LogP contribution in [0.15, 0.2) is 34.4 Å². The molecule has 0 amide bonds. The van der Waals surface area contributed by atoms with E-state index in [9.17, 15) is 0 Å². The molecule has 1 aliphatic heterocycles. The van der Waals surface area contributed by atoms with Gasteiger partial charge < -0.3 is 5.73 Å². The first kappa shape index (κ1) is 5.75. The maximum absolute atomic E-state index is 5.37. The molecule has 9 heavy (non-hydrogen) atoms. The van der Waals surface area contributed by atoms with Gasteiger partial charge in [-0.3, -0.25) is 0 Å². The molecule has 0 aromatic heterocycles. The molecule has 46 valence electrons. The van der Waals surface area contributed by atoms with E-state index in [0.717, 1.165) is 0 Å². The number of rotatable bonds is 1. The summed E-state index contributed by atoms with van der Waals surface area (Å²) in [4.78, 5) is 7.57. The number of amidine groups is 1. The molecule has 0 atom stereocenters. The molecule has 0 bridgehead atoms. The molecule has 0 unspecified atom stereocenters. The summed E-state index contributed by atoms with van der Waals surface area (Å²) in [5.74, 6) is 0.454. The van der Waals surface area contributed by atoms with Crippen LogP contribution in [0.25, 0.3) is 0 Å². The second-order valence-electron chi connectivity index (χ2n) is 1.55. The van der Waals surface area contributed by atoms with Crippen LogP contribution in [0.3, 0.4) is 0 Å². The Kier molecular flexibility index (Phi) is 1.44. The third-order valence-electron chi connectivity index (χ3n) is 0.932. The van der Waals surface area contributed by atoms with Gasteiger partial charge in [-0.2, -0.15) is 0 Å². The summed E-state index contributed by atoms with van der Waals surface area (Å²) in [7, 11) is 0. The highest BCUT2D eigenvalue weighted by atomic mass is 15.0. The first-order chi connectivity index (χ1) is 4.34. The molecule has 0 saturated heterocycles. The van der Waals surface area contributed by atoms with Crippen molar-refractivity contribution >= 4 is 12.2 Å². The highest BCUT2D eigenvalue weighted by Crippen LogP contribution is 2.00. The number of hydrogen-bond donors (Lipinski definition) is 1. The number of allylic oxidation sites excluding steroid dienone is 2. The Balaban J connectivity index is 2.85. The van der Waals surface area contributed by atoms with Gasteiger partial charge in [0.15, 0.2) is 5.84 Å². The van der Waals surface area contributed by atoms with Crippen molar-refractivity contribution < 1.29 is 0 Å². The predicted molar refractivity (Wildman–Crippen MR) is 38.4 cm³/mol. The van der Waals surface area contributed by atoms with Crippen molar-refractivity contribution in [3.8, 4) is 0 Å². The molecule has 1 rings (SSSR count). The van der Waals surface area contributed by atoms with Crippen LogP contribution in [0.2, 0.25) is 0 Å². The number of aliphatic imine (C=N–C) groups is 2. The van der Waals surface area contributed by atoms with E-state index in [4.69, 9.17) is 5.73 Å². The molecule has 2 N–H and O–H groups in total. The fourth-order valence-corrected chi connectivity index (χ4v) is 0.526. The SMILES string of the molecule is C=C/C=C1/N=CN=C1N. The summed E-state index contributed by atoms with van der Waals surface area (Å²) < 4.78 is 0. The Morgan fingerprint density at radius 2 is 2.44 bits per heavy atom. The second-order valence-corrected chi connectivity index (χ2v) is 1.55. The molecule has 1 aliphatic rings. The van der Waals surface area contributed by atoms with Crippen molar-refractivity contribution in [1.82, 2.24) is 0 Å². The summed E-state index contributed by atoms with van der Waals surface area (Å²) in [6, 6.07) is 0. The Labute approximate surface area is 53.3 Å². The van der Waals surface area contributed by atoms with Gasteiger partial charge in [-0.05, 0) is 6.08 Å². The lowest BCUT2D eigenvalue weighted by atomic mass is 10.4. The average molecular weight is 121 g/mol. The Morgan fingerprint density at radius 1 is 1.67 bits per heavy atom. The average Bonchev–Trinajstić information content (AvgIpc) is 2.18. The normalized spacial score (nSPS) is 20.4. The topological polar surface area (TPSA) is 50.7 Å². The van der Waals surface area contributed by atoms with E-state index in [1.165, 1.54) is 6.34 Å². The van der Waals surface area contributed by atoms with E-state index < -0.39 is 0 Å². The van der Waals surface area contributed by atoms with E-state index in [2.05, 4.69) is 16.6 Å². The Morgan fingerprint density at radius 3 is 2.89 bits per heavy atom. The molecule has 0 saturated carbocycles. The summed E-state index contributed by atoms with van der Waals surface area (Å²) in [6.07, 6.45) is 4.76. The lowest BCUT2D eigenvalue weighted by molar-refractivity contribution is 1.48. The van der Waals surface area contributed by atoms with Crippen LogP contribution in [0, 0.1) is 0 Å². The van der Waals surface area contributed by atoms with Gasteiger partial charge >= 0.3 is 0 Å². The molecule has 3 heteroatoms. The second kappa shape index (κ2) is 2.26. The third-order valence-corrected chi connectivity index (χ3v) is 0.932. The maximum Gasteiger partial charge on any atom is 0.151 e. The Bertz CT molecular complexity index is 210. The minimum atomic E-state index is 0.454. The summed E-state index contributed by atoms with van der Waals surface area (Å²) in [6.45, 7) is 3.50. The van der Waals surface area contributed by atoms with Gasteiger partial charge in [0, 0.05) is 0 Å². The van der Waals surface area contributed by atoms with Gasteiger partial charge in [-0.1, -0.05) is 12.7 Å². The molecule has 0 radical (unpaired) electrons. The maximum atomic E-state index is 5.37. The molecule has 1 heterocycles. The van der Waals surface area contributed by atoms with Crippen LogP contribution in [0.4, 0.5) is 0 Å². The van der Waals surface area contributed by atoms with Crippen LogP contribution in [0.1, 0.15) is 0 Å². The summed E-state index contributed by atoms with van der Waals surface area (Å²) in [5.41, 5.74) is 6.06. The van der Waals surface area contributed by atoms with Crippen molar-refractivity contribution in [3.05, 3.63) is 24.4 Å². The monoisotopic (exact) mass is 121 g/mol. The molecule has 0 aromatic carbocycles. The van der Waals surface area contributed by atoms with Gasteiger partial charge in [0.1, 0.15) is 12.0 Å². The fourth-order valence-electron chi connectivity index (χ4n) is 0.526. The molecular weight excluding hydrogens is 114 g/mol. The summed E-state index contributed by atoms with van der Waals surface area (Å²) in [5, 5.41) is 0. The zero-order chi connectivity index (χ0) is 6.69. The standard InChI is InChI=1S/C6H7N3/c1-2-3-5-6(7)9-4-8-5/h2-4H,1H2,(H2,7,8,9)/b5-3+. The zero-order valence-electron chi connectivity index (χ0n) is 4.91. The van der Waals surface area contributed by atoms with Gasteiger partial charge in [-0.25, -0.2) is 9.98 Å². The Hall–Kier alpha value is -1.38. The first-order valence-electron chi connectivity index (χ1n) is 2.53. The summed E-state index contributed by atoms with van der Waals surface area (Å²) >= 11 is 0. The van der Waals surface area contributed by atoms with E-state index in [1.54, 1.807) is 12.2 Å². The van der Waals surface area contributed by atoms with Crippen molar-refractivity contribution in [1.29, 1.82) is 0 Å². The van der Waals surface area contributed by atoms with Crippen LogP contribution >= 0.6 is 0 Å². The minimum Gasteiger partial charge on any atom is -0.382 e. The van der Waals surface area contributed by atoms with Gasteiger partial charge in [-0.15, -0.1) is 0 Å². The van der Waals surface area contributed by atoms with Gasteiger partial charge in [0.05, 0.1) is 0 Å². The molecule has 0 spiro atoms. The minimum absolute atomic E-state index is 0.454. The molecule has 0 fully saturated rings. The molecular formula is C6H7N3. The van der Waals surface area contributed by atoms with E-state index in [1.807, 2.05) is 0 Å².